The first-order valence-corrected chi connectivity index (χ1v) is 7.50. The lowest BCUT2D eigenvalue weighted by Gasteiger charge is -2.20. The van der Waals surface area contributed by atoms with Crippen molar-refractivity contribution < 1.29 is 14.0 Å². The number of amides is 2. The molecule has 0 bridgehead atoms. The molecule has 0 aliphatic carbocycles. The highest BCUT2D eigenvalue weighted by atomic mass is 19.1. The fourth-order valence-corrected chi connectivity index (χ4v) is 2.31. The third-order valence-electron chi connectivity index (χ3n) is 3.59. The van der Waals surface area contributed by atoms with Crippen molar-refractivity contribution in [1.82, 2.24) is 19.6 Å². The molecule has 0 aliphatic rings. The Bertz CT molecular complexity index is 937. The van der Waals surface area contributed by atoms with Crippen molar-refractivity contribution in [2.24, 2.45) is 5.73 Å². The Kier molecular flexibility index (Phi) is 4.38. The summed E-state index contributed by atoms with van der Waals surface area (Å²) >= 11 is 0. The summed E-state index contributed by atoms with van der Waals surface area (Å²) in [5.74, 6) is -1.30. The second-order valence-electron chi connectivity index (χ2n) is 5.38. The Morgan fingerprint density at radius 1 is 1.24 bits per heavy atom. The Morgan fingerprint density at radius 2 is 1.96 bits per heavy atom. The lowest BCUT2D eigenvalue weighted by Crippen LogP contribution is -2.34. The van der Waals surface area contributed by atoms with Gasteiger partial charge in [0.15, 0.2) is 0 Å². The van der Waals surface area contributed by atoms with Crippen LogP contribution >= 0.6 is 0 Å². The van der Waals surface area contributed by atoms with Crippen LogP contribution in [0.25, 0.3) is 5.78 Å². The zero-order chi connectivity index (χ0) is 18.0. The van der Waals surface area contributed by atoms with Gasteiger partial charge in [0.2, 0.25) is 11.7 Å². The predicted molar refractivity (Wildman–Crippen MR) is 87.4 cm³/mol. The van der Waals surface area contributed by atoms with Crippen LogP contribution in [0.4, 0.5) is 10.1 Å². The number of fused-ring (bicyclic) bond motifs is 1. The summed E-state index contributed by atoms with van der Waals surface area (Å²) in [6.45, 7) is 1.84. The van der Waals surface area contributed by atoms with E-state index in [1.54, 1.807) is 12.3 Å². The number of benzene rings is 1. The first-order chi connectivity index (χ1) is 12.0. The van der Waals surface area contributed by atoms with E-state index in [1.807, 2.05) is 6.92 Å². The van der Waals surface area contributed by atoms with Crippen molar-refractivity contribution in [3.05, 3.63) is 53.9 Å². The van der Waals surface area contributed by atoms with Crippen molar-refractivity contribution in [3.8, 4) is 0 Å². The van der Waals surface area contributed by atoms with Crippen molar-refractivity contribution in [2.75, 3.05) is 11.4 Å². The minimum atomic E-state index is -0.555. The number of primary amides is 1. The molecule has 2 aromatic heterocycles. The molecule has 0 saturated heterocycles. The number of anilines is 1. The van der Waals surface area contributed by atoms with Crippen molar-refractivity contribution in [1.29, 1.82) is 0 Å². The first kappa shape index (κ1) is 16.5. The molecule has 0 unspecified atom stereocenters. The minimum absolute atomic E-state index is 0.0295. The molecular formula is C16H15FN6O2. The van der Waals surface area contributed by atoms with E-state index in [1.165, 1.54) is 33.7 Å². The molecule has 0 atom stereocenters. The van der Waals surface area contributed by atoms with Gasteiger partial charge in [-0.3, -0.25) is 9.59 Å². The molecule has 2 amide bonds. The molecule has 3 aromatic rings. The van der Waals surface area contributed by atoms with Gasteiger partial charge >= 0.3 is 0 Å². The zero-order valence-electron chi connectivity index (χ0n) is 13.4. The van der Waals surface area contributed by atoms with Gasteiger partial charge in [0, 0.05) is 30.5 Å². The van der Waals surface area contributed by atoms with Gasteiger partial charge in [0.05, 0.1) is 0 Å². The molecular weight excluding hydrogens is 327 g/mol. The summed E-state index contributed by atoms with van der Waals surface area (Å²) in [4.78, 5) is 33.4. The lowest BCUT2D eigenvalue weighted by atomic mass is 10.2. The van der Waals surface area contributed by atoms with Crippen LogP contribution in [0.2, 0.25) is 0 Å². The van der Waals surface area contributed by atoms with Crippen LogP contribution in [0.5, 0.6) is 0 Å². The van der Waals surface area contributed by atoms with Gasteiger partial charge in [0.25, 0.3) is 11.7 Å². The molecule has 2 heterocycles. The molecule has 0 spiro atoms. The molecule has 25 heavy (non-hydrogen) atoms. The number of nitrogens with two attached hydrogens (primary N) is 1. The van der Waals surface area contributed by atoms with E-state index < -0.39 is 17.6 Å². The number of hydrogen-bond acceptors (Lipinski definition) is 5. The second-order valence-corrected chi connectivity index (χ2v) is 5.38. The van der Waals surface area contributed by atoms with E-state index in [9.17, 15) is 14.0 Å². The maximum absolute atomic E-state index is 13.2. The summed E-state index contributed by atoms with van der Waals surface area (Å²) in [6, 6.07) is 7.06. The molecule has 0 radical (unpaired) electrons. The largest absolute Gasteiger partial charge is 0.370 e. The van der Waals surface area contributed by atoms with Crippen LogP contribution < -0.4 is 10.6 Å². The molecule has 8 nitrogen and oxygen atoms in total. The van der Waals surface area contributed by atoms with Crippen molar-refractivity contribution in [2.45, 2.75) is 13.3 Å². The number of carbonyl (C=O) groups excluding carboxylic acids is 2. The molecule has 9 heteroatoms. The smallest absolute Gasteiger partial charge is 0.298 e. The quantitative estimate of drug-likeness (QED) is 0.747. The van der Waals surface area contributed by atoms with E-state index in [2.05, 4.69) is 15.1 Å². The number of aryl methyl sites for hydroxylation is 1. The molecule has 1 aromatic carbocycles. The Hall–Kier alpha value is -3.36. The highest BCUT2D eigenvalue weighted by molar-refractivity contribution is 6.04. The molecule has 2 N–H and O–H groups in total. The molecule has 0 aliphatic heterocycles. The summed E-state index contributed by atoms with van der Waals surface area (Å²) in [5.41, 5.74) is 6.36. The summed E-state index contributed by atoms with van der Waals surface area (Å²) in [5, 5.41) is 4.16. The van der Waals surface area contributed by atoms with Gasteiger partial charge in [0.1, 0.15) is 5.82 Å². The highest BCUT2D eigenvalue weighted by Crippen LogP contribution is 2.18. The number of aromatic nitrogens is 4. The Labute approximate surface area is 142 Å². The van der Waals surface area contributed by atoms with Crippen molar-refractivity contribution >= 4 is 23.3 Å². The molecule has 3 rings (SSSR count). The summed E-state index contributed by atoms with van der Waals surface area (Å²) in [6.07, 6.45) is 1.52. The van der Waals surface area contributed by atoms with Gasteiger partial charge in [-0.2, -0.15) is 4.98 Å². The van der Waals surface area contributed by atoms with Crippen LogP contribution in [0.15, 0.2) is 36.5 Å². The van der Waals surface area contributed by atoms with E-state index in [4.69, 9.17) is 5.73 Å². The fraction of sp³-hybridized carbons (Fsp3) is 0.188. The SMILES string of the molecule is Cc1ccnc2nc(C(=O)N(CCC(N)=O)c3ccc(F)cc3)nn12. The van der Waals surface area contributed by atoms with E-state index in [0.29, 0.717) is 5.69 Å². The number of hydrogen-bond donors (Lipinski definition) is 1. The zero-order valence-corrected chi connectivity index (χ0v) is 13.4. The third-order valence-corrected chi connectivity index (χ3v) is 3.59. The van der Waals surface area contributed by atoms with Crippen LogP contribution in [0, 0.1) is 12.7 Å². The number of rotatable bonds is 5. The standard InChI is InChI=1S/C16H15FN6O2/c1-10-6-8-19-16-20-14(21-23(10)16)15(25)22(9-7-13(18)24)12-4-2-11(17)3-5-12/h2-6,8H,7,9H2,1H3,(H2,18,24). The van der Waals surface area contributed by atoms with Crippen molar-refractivity contribution in [3.63, 3.8) is 0 Å². The first-order valence-electron chi connectivity index (χ1n) is 7.50. The van der Waals surface area contributed by atoms with Gasteiger partial charge in [-0.1, -0.05) is 0 Å². The lowest BCUT2D eigenvalue weighted by molar-refractivity contribution is -0.117. The van der Waals surface area contributed by atoms with E-state index in [-0.39, 0.29) is 24.6 Å². The van der Waals surface area contributed by atoms with Gasteiger partial charge in [-0.05, 0) is 37.3 Å². The Balaban J connectivity index is 1.98. The minimum Gasteiger partial charge on any atom is -0.370 e. The molecule has 0 fully saturated rings. The monoisotopic (exact) mass is 342 g/mol. The van der Waals surface area contributed by atoms with E-state index >= 15 is 0 Å². The van der Waals surface area contributed by atoms with Crippen LogP contribution in [0.1, 0.15) is 22.7 Å². The molecule has 0 saturated carbocycles. The number of nitrogens with zero attached hydrogens (tertiary/aromatic N) is 5. The maximum atomic E-state index is 13.2. The average molecular weight is 342 g/mol. The van der Waals surface area contributed by atoms with Crippen LogP contribution in [-0.2, 0) is 4.79 Å². The predicted octanol–water partition coefficient (Wildman–Crippen LogP) is 1.09. The van der Waals surface area contributed by atoms with Gasteiger partial charge < -0.3 is 10.6 Å². The Morgan fingerprint density at radius 3 is 2.60 bits per heavy atom. The number of halogens is 1. The highest BCUT2D eigenvalue weighted by Gasteiger charge is 2.23. The van der Waals surface area contributed by atoms with Gasteiger partial charge in [-0.15, -0.1) is 5.10 Å². The fourth-order valence-electron chi connectivity index (χ4n) is 2.31. The van der Waals surface area contributed by atoms with E-state index in [0.717, 1.165) is 5.69 Å². The average Bonchev–Trinajstić information content (AvgIpc) is 3.02. The third kappa shape index (κ3) is 3.44. The maximum Gasteiger partial charge on any atom is 0.298 e. The number of carbonyl (C=O) groups is 2. The summed E-state index contributed by atoms with van der Waals surface area (Å²) in [7, 11) is 0. The topological polar surface area (TPSA) is 106 Å². The second kappa shape index (κ2) is 6.63. The van der Waals surface area contributed by atoms with Crippen LogP contribution in [0.3, 0.4) is 0 Å². The molecule has 128 valence electrons. The normalized spacial score (nSPS) is 10.8. The summed E-state index contributed by atoms with van der Waals surface area (Å²) < 4.78 is 14.6. The van der Waals surface area contributed by atoms with Crippen LogP contribution in [-0.4, -0.2) is 37.9 Å². The van der Waals surface area contributed by atoms with Gasteiger partial charge in [-0.25, -0.2) is 13.9 Å².